The van der Waals surface area contributed by atoms with Crippen LogP contribution < -0.4 is 4.74 Å². The van der Waals surface area contributed by atoms with Crippen LogP contribution in [0.4, 0.5) is 0 Å². The highest BCUT2D eigenvalue weighted by atomic mass is 16.5. The summed E-state index contributed by atoms with van der Waals surface area (Å²) < 4.78 is 5.21. The highest BCUT2D eigenvalue weighted by molar-refractivity contribution is 5.36. The van der Waals surface area contributed by atoms with Crippen molar-refractivity contribution in [2.24, 2.45) is 0 Å². The Morgan fingerprint density at radius 1 is 1.43 bits per heavy atom. The van der Waals surface area contributed by atoms with Gasteiger partial charge in [-0.1, -0.05) is 17.7 Å². The van der Waals surface area contributed by atoms with Crippen LogP contribution in [0.15, 0.2) is 30.4 Å². The van der Waals surface area contributed by atoms with Crippen LogP contribution in [0.25, 0.3) is 0 Å². The lowest BCUT2D eigenvalue weighted by atomic mass is 10.0. The number of hydrogen-bond acceptors (Lipinski definition) is 1. The summed E-state index contributed by atoms with van der Waals surface area (Å²) in [5.74, 6) is 0.962. The lowest BCUT2D eigenvalue weighted by Gasteiger charge is -2.07. The number of methoxy groups -OCH3 is 1. The van der Waals surface area contributed by atoms with Crippen molar-refractivity contribution in [3.8, 4) is 5.75 Å². The van der Waals surface area contributed by atoms with Crippen LogP contribution in [-0.4, -0.2) is 7.11 Å². The van der Waals surface area contributed by atoms with Crippen molar-refractivity contribution < 1.29 is 4.74 Å². The quantitative estimate of drug-likeness (QED) is 0.660. The zero-order valence-electron chi connectivity index (χ0n) is 9.26. The minimum atomic E-state index is 0.962. The Morgan fingerprint density at radius 3 is 2.64 bits per heavy atom. The van der Waals surface area contributed by atoms with Crippen LogP contribution in [0, 0.1) is 6.92 Å². The van der Waals surface area contributed by atoms with E-state index >= 15 is 0 Å². The molecule has 0 heterocycles. The normalized spacial score (nSPS) is 9.93. The summed E-state index contributed by atoms with van der Waals surface area (Å²) >= 11 is 0. The topological polar surface area (TPSA) is 9.23 Å². The van der Waals surface area contributed by atoms with Gasteiger partial charge in [0.05, 0.1) is 7.11 Å². The summed E-state index contributed by atoms with van der Waals surface area (Å²) in [7, 11) is 1.70. The maximum Gasteiger partial charge on any atom is 0.121 e. The molecule has 0 bridgehead atoms. The van der Waals surface area contributed by atoms with Gasteiger partial charge in [-0.3, -0.25) is 0 Å². The van der Waals surface area contributed by atoms with E-state index in [0.29, 0.717) is 0 Å². The maximum absolute atomic E-state index is 5.21. The molecular formula is C13H18O. The molecule has 1 aromatic carbocycles. The van der Waals surface area contributed by atoms with Crippen LogP contribution in [-0.2, 0) is 6.42 Å². The highest BCUT2D eigenvalue weighted by Gasteiger charge is 1.99. The predicted octanol–water partition coefficient (Wildman–Crippen LogP) is 3.51. The van der Waals surface area contributed by atoms with Gasteiger partial charge in [0, 0.05) is 0 Å². The van der Waals surface area contributed by atoms with Crippen molar-refractivity contribution in [1.29, 1.82) is 0 Å². The predicted molar refractivity (Wildman–Crippen MR) is 60.9 cm³/mol. The van der Waals surface area contributed by atoms with Gasteiger partial charge >= 0.3 is 0 Å². The van der Waals surface area contributed by atoms with Crippen molar-refractivity contribution in [2.45, 2.75) is 26.7 Å². The number of benzene rings is 1. The van der Waals surface area contributed by atoms with E-state index in [9.17, 15) is 0 Å². The molecule has 0 aliphatic heterocycles. The molecule has 0 atom stereocenters. The first-order valence-electron chi connectivity index (χ1n) is 4.91. The van der Waals surface area contributed by atoms with Crippen LogP contribution >= 0.6 is 0 Å². The van der Waals surface area contributed by atoms with Crippen molar-refractivity contribution in [1.82, 2.24) is 0 Å². The fraction of sp³-hybridized carbons (Fsp3) is 0.385. The molecule has 0 aliphatic rings. The SMILES string of the molecule is C=C(C)CCc1ccc(OC)c(C)c1. The Balaban J connectivity index is 2.71. The first kappa shape index (κ1) is 10.8. The van der Waals surface area contributed by atoms with Crippen molar-refractivity contribution in [3.05, 3.63) is 41.5 Å². The van der Waals surface area contributed by atoms with Gasteiger partial charge in [-0.05, 0) is 43.9 Å². The Hall–Kier alpha value is -1.24. The Kier molecular flexibility index (Phi) is 3.75. The Bertz CT molecular complexity index is 326. The monoisotopic (exact) mass is 190 g/mol. The molecule has 0 fully saturated rings. The molecular weight excluding hydrogens is 172 g/mol. The first-order valence-corrected chi connectivity index (χ1v) is 4.91. The molecule has 0 N–H and O–H groups in total. The van der Waals surface area contributed by atoms with E-state index in [-0.39, 0.29) is 0 Å². The average molecular weight is 190 g/mol. The highest BCUT2D eigenvalue weighted by Crippen LogP contribution is 2.19. The van der Waals surface area contributed by atoms with Crippen LogP contribution in [0.1, 0.15) is 24.5 Å². The molecule has 1 rings (SSSR count). The molecule has 0 aromatic heterocycles. The minimum Gasteiger partial charge on any atom is -0.496 e. The molecule has 0 saturated carbocycles. The Labute approximate surface area is 86.4 Å². The van der Waals surface area contributed by atoms with E-state index in [2.05, 4.69) is 32.6 Å². The van der Waals surface area contributed by atoms with Crippen molar-refractivity contribution in [3.63, 3.8) is 0 Å². The maximum atomic E-state index is 5.21. The molecule has 0 aliphatic carbocycles. The number of allylic oxidation sites excluding steroid dienone is 1. The van der Waals surface area contributed by atoms with Crippen molar-refractivity contribution in [2.75, 3.05) is 7.11 Å². The second-order valence-electron chi connectivity index (χ2n) is 3.76. The van der Waals surface area contributed by atoms with Gasteiger partial charge in [0.25, 0.3) is 0 Å². The number of rotatable bonds is 4. The molecule has 0 spiro atoms. The molecule has 0 radical (unpaired) electrons. The summed E-state index contributed by atoms with van der Waals surface area (Å²) in [4.78, 5) is 0. The smallest absolute Gasteiger partial charge is 0.121 e. The fourth-order valence-electron chi connectivity index (χ4n) is 1.45. The lowest BCUT2D eigenvalue weighted by Crippen LogP contribution is -1.91. The third-order valence-corrected chi connectivity index (χ3v) is 2.30. The lowest BCUT2D eigenvalue weighted by molar-refractivity contribution is 0.411. The number of hydrogen-bond donors (Lipinski definition) is 0. The molecule has 1 heteroatoms. The summed E-state index contributed by atoms with van der Waals surface area (Å²) in [5, 5.41) is 0. The summed E-state index contributed by atoms with van der Waals surface area (Å²) in [6, 6.07) is 6.33. The van der Waals surface area contributed by atoms with Gasteiger partial charge in [-0.2, -0.15) is 0 Å². The van der Waals surface area contributed by atoms with Gasteiger partial charge in [0.1, 0.15) is 5.75 Å². The molecule has 0 unspecified atom stereocenters. The van der Waals surface area contributed by atoms with Gasteiger partial charge in [-0.25, -0.2) is 0 Å². The average Bonchev–Trinajstić information content (AvgIpc) is 2.15. The summed E-state index contributed by atoms with van der Waals surface area (Å²) in [6.45, 7) is 8.04. The zero-order chi connectivity index (χ0) is 10.6. The van der Waals surface area contributed by atoms with E-state index in [1.54, 1.807) is 7.11 Å². The van der Waals surface area contributed by atoms with Crippen LogP contribution in [0.2, 0.25) is 0 Å². The largest absolute Gasteiger partial charge is 0.496 e. The molecule has 1 aromatic rings. The van der Waals surface area contributed by atoms with E-state index in [1.807, 2.05) is 6.07 Å². The third-order valence-electron chi connectivity index (χ3n) is 2.30. The van der Waals surface area contributed by atoms with E-state index in [1.165, 1.54) is 16.7 Å². The van der Waals surface area contributed by atoms with Crippen LogP contribution in [0.5, 0.6) is 5.75 Å². The zero-order valence-corrected chi connectivity index (χ0v) is 9.26. The van der Waals surface area contributed by atoms with Gasteiger partial charge < -0.3 is 4.74 Å². The molecule has 0 amide bonds. The Morgan fingerprint density at radius 2 is 2.14 bits per heavy atom. The first-order chi connectivity index (χ1) is 6.63. The second kappa shape index (κ2) is 4.85. The van der Waals surface area contributed by atoms with E-state index < -0.39 is 0 Å². The van der Waals surface area contributed by atoms with Gasteiger partial charge in [0.2, 0.25) is 0 Å². The number of ether oxygens (including phenoxy) is 1. The fourth-order valence-corrected chi connectivity index (χ4v) is 1.45. The molecule has 0 saturated heterocycles. The van der Waals surface area contributed by atoms with E-state index in [4.69, 9.17) is 4.74 Å². The minimum absolute atomic E-state index is 0.962. The van der Waals surface area contributed by atoms with Gasteiger partial charge in [0.15, 0.2) is 0 Å². The second-order valence-corrected chi connectivity index (χ2v) is 3.76. The third kappa shape index (κ3) is 2.91. The standard InChI is InChI=1S/C13H18O/c1-10(2)5-6-12-7-8-13(14-4)11(3)9-12/h7-9H,1,5-6H2,2-4H3. The molecule has 76 valence electrons. The summed E-state index contributed by atoms with van der Waals surface area (Å²) in [5.41, 5.74) is 3.79. The molecule has 1 nitrogen and oxygen atoms in total. The van der Waals surface area contributed by atoms with Crippen molar-refractivity contribution >= 4 is 0 Å². The van der Waals surface area contributed by atoms with Gasteiger partial charge in [-0.15, -0.1) is 6.58 Å². The van der Waals surface area contributed by atoms with E-state index in [0.717, 1.165) is 18.6 Å². The molecule has 14 heavy (non-hydrogen) atoms. The van der Waals surface area contributed by atoms with Crippen LogP contribution in [0.3, 0.4) is 0 Å². The number of aryl methyl sites for hydroxylation is 2. The summed E-state index contributed by atoms with van der Waals surface area (Å²) in [6.07, 6.45) is 2.13.